The van der Waals surface area contributed by atoms with Gasteiger partial charge in [0.05, 0.1) is 52.4 Å². The fourth-order valence-corrected chi connectivity index (χ4v) is 2.60. The zero-order valence-electron chi connectivity index (χ0n) is 21.1. The van der Waals surface area contributed by atoms with Gasteiger partial charge in [0.1, 0.15) is 6.61 Å². The number of benzene rings is 1. The van der Waals surface area contributed by atoms with E-state index in [1.54, 1.807) is 12.1 Å². The number of hydrogen-bond donors (Lipinski definition) is 2. The molecule has 1 aromatic rings. The molecule has 0 atom stereocenters. The van der Waals surface area contributed by atoms with Crippen molar-refractivity contribution in [3.63, 3.8) is 0 Å². The second kappa shape index (κ2) is 19.3. The second-order valence-electron chi connectivity index (χ2n) is 8.41. The number of carbonyl (C=O) groups is 2. The van der Waals surface area contributed by atoms with Crippen LogP contribution in [-0.4, -0.2) is 83.9 Å². The summed E-state index contributed by atoms with van der Waals surface area (Å²) in [4.78, 5) is 23.6. The average molecular weight is 483 g/mol. The van der Waals surface area contributed by atoms with Crippen LogP contribution in [0.3, 0.4) is 0 Å². The zero-order chi connectivity index (χ0) is 25.0. The normalized spacial score (nSPS) is 11.2. The molecule has 1 aromatic carbocycles. The predicted molar refractivity (Wildman–Crippen MR) is 130 cm³/mol. The van der Waals surface area contributed by atoms with Gasteiger partial charge in [0.25, 0.3) is 5.91 Å². The van der Waals surface area contributed by atoms with E-state index in [9.17, 15) is 9.59 Å². The lowest BCUT2D eigenvalue weighted by molar-refractivity contribution is -0.127. The Morgan fingerprint density at radius 1 is 0.765 bits per heavy atom. The molecule has 9 nitrogen and oxygen atoms in total. The average Bonchev–Trinajstić information content (AvgIpc) is 2.80. The van der Waals surface area contributed by atoms with Crippen LogP contribution in [0.15, 0.2) is 24.3 Å². The smallest absolute Gasteiger partial charge is 0.251 e. The second-order valence-corrected chi connectivity index (χ2v) is 8.41. The third-order valence-corrected chi connectivity index (χ3v) is 4.33. The molecule has 0 aromatic heterocycles. The maximum absolute atomic E-state index is 12.2. The predicted octanol–water partition coefficient (Wildman–Crippen LogP) is 2.18. The Bertz CT molecular complexity index is 666. The topological polar surface area (TPSA) is 104 Å². The molecular weight excluding hydrogens is 440 g/mol. The largest absolute Gasteiger partial charge is 0.377 e. The van der Waals surface area contributed by atoms with Crippen LogP contribution in [0.2, 0.25) is 0 Å². The molecule has 0 radical (unpaired) electrons. The molecule has 0 bridgehead atoms. The van der Waals surface area contributed by atoms with Crippen molar-refractivity contribution in [1.29, 1.82) is 0 Å². The van der Waals surface area contributed by atoms with Gasteiger partial charge in [-0.05, 0) is 37.5 Å². The third-order valence-electron chi connectivity index (χ3n) is 4.33. The zero-order valence-corrected chi connectivity index (χ0v) is 21.1. The van der Waals surface area contributed by atoms with Crippen molar-refractivity contribution in [2.24, 2.45) is 5.92 Å². The highest BCUT2D eigenvalue weighted by atomic mass is 16.5. The highest BCUT2D eigenvalue weighted by Gasteiger charge is 2.05. The molecule has 0 aliphatic heterocycles. The summed E-state index contributed by atoms with van der Waals surface area (Å²) in [7, 11) is 0. The standard InChI is InChI=1S/C25H42N2O7/c1-20(2)17-33-18-22-5-7-23(8-6-22)25(29)27-10-12-31-14-16-32-15-13-30-11-9-26-24(28)19-34-21(3)4/h5-8,20-21H,9-19H2,1-4H3,(H,26,28)(H,27,29). The van der Waals surface area contributed by atoms with Gasteiger partial charge in [0, 0.05) is 25.3 Å². The molecule has 0 aliphatic carbocycles. The van der Waals surface area contributed by atoms with Gasteiger partial charge in [0.2, 0.25) is 5.91 Å². The Balaban J connectivity index is 1.92. The minimum Gasteiger partial charge on any atom is -0.377 e. The molecule has 34 heavy (non-hydrogen) atoms. The molecule has 2 N–H and O–H groups in total. The molecule has 0 unspecified atom stereocenters. The van der Waals surface area contributed by atoms with E-state index in [0.717, 1.165) is 12.2 Å². The van der Waals surface area contributed by atoms with Crippen LogP contribution < -0.4 is 10.6 Å². The van der Waals surface area contributed by atoms with Gasteiger partial charge in [-0.15, -0.1) is 0 Å². The van der Waals surface area contributed by atoms with Crippen molar-refractivity contribution < 1.29 is 33.3 Å². The number of hydrogen-bond acceptors (Lipinski definition) is 7. The maximum Gasteiger partial charge on any atom is 0.251 e. The highest BCUT2D eigenvalue weighted by molar-refractivity contribution is 5.94. The fourth-order valence-electron chi connectivity index (χ4n) is 2.60. The molecule has 0 spiro atoms. The van der Waals surface area contributed by atoms with Crippen LogP contribution in [0.25, 0.3) is 0 Å². The van der Waals surface area contributed by atoms with E-state index < -0.39 is 0 Å². The Hall–Kier alpha value is -2.04. The molecule has 194 valence electrons. The third kappa shape index (κ3) is 16.6. The minimum absolute atomic E-state index is 0.0326. The van der Waals surface area contributed by atoms with Gasteiger partial charge in [-0.1, -0.05) is 26.0 Å². The molecule has 1 rings (SSSR count). The van der Waals surface area contributed by atoms with Crippen LogP contribution in [0.5, 0.6) is 0 Å². The number of rotatable bonds is 20. The van der Waals surface area contributed by atoms with E-state index in [1.165, 1.54) is 0 Å². The lowest BCUT2D eigenvalue weighted by Gasteiger charge is -2.10. The van der Waals surface area contributed by atoms with Crippen LogP contribution in [0.1, 0.15) is 43.6 Å². The molecule has 0 heterocycles. The first-order valence-corrected chi connectivity index (χ1v) is 11.9. The van der Waals surface area contributed by atoms with Crippen LogP contribution in [0, 0.1) is 5.92 Å². The van der Waals surface area contributed by atoms with Crippen LogP contribution in [0.4, 0.5) is 0 Å². The lowest BCUT2D eigenvalue weighted by Crippen LogP contribution is -2.31. The van der Waals surface area contributed by atoms with Gasteiger partial charge in [0.15, 0.2) is 0 Å². The Kier molecular flexibility index (Phi) is 17.0. The number of ether oxygens (including phenoxy) is 5. The first-order valence-electron chi connectivity index (χ1n) is 11.9. The number of carbonyl (C=O) groups excluding carboxylic acids is 2. The van der Waals surface area contributed by atoms with Gasteiger partial charge in [-0.25, -0.2) is 0 Å². The quantitative estimate of drug-likeness (QED) is 0.275. The fraction of sp³-hybridized carbons (Fsp3) is 0.680. The van der Waals surface area contributed by atoms with E-state index in [4.69, 9.17) is 23.7 Å². The first-order chi connectivity index (χ1) is 16.4. The van der Waals surface area contributed by atoms with Crippen molar-refractivity contribution in [3.05, 3.63) is 35.4 Å². The molecule has 9 heteroatoms. The summed E-state index contributed by atoms with van der Waals surface area (Å²) < 4.78 is 27.1. The van der Waals surface area contributed by atoms with Crippen molar-refractivity contribution in [2.75, 3.05) is 65.9 Å². The Labute approximate surface area is 203 Å². The summed E-state index contributed by atoms with van der Waals surface area (Å²) in [6.07, 6.45) is 0.0326. The monoisotopic (exact) mass is 482 g/mol. The van der Waals surface area contributed by atoms with Gasteiger partial charge in [-0.2, -0.15) is 0 Å². The summed E-state index contributed by atoms with van der Waals surface area (Å²) >= 11 is 0. The van der Waals surface area contributed by atoms with Crippen molar-refractivity contribution >= 4 is 11.8 Å². The van der Waals surface area contributed by atoms with E-state index in [2.05, 4.69) is 24.5 Å². The summed E-state index contributed by atoms with van der Waals surface area (Å²) in [6, 6.07) is 7.42. The van der Waals surface area contributed by atoms with Gasteiger partial charge in [-0.3, -0.25) is 9.59 Å². The van der Waals surface area contributed by atoms with E-state index in [1.807, 2.05) is 26.0 Å². The van der Waals surface area contributed by atoms with Crippen LogP contribution >= 0.6 is 0 Å². The van der Waals surface area contributed by atoms with Crippen molar-refractivity contribution in [1.82, 2.24) is 10.6 Å². The summed E-state index contributed by atoms with van der Waals surface area (Å²) in [5.41, 5.74) is 1.66. The van der Waals surface area contributed by atoms with E-state index in [-0.39, 0.29) is 24.5 Å². The van der Waals surface area contributed by atoms with Crippen LogP contribution in [-0.2, 0) is 35.1 Å². The molecule has 2 amide bonds. The Morgan fingerprint density at radius 3 is 1.88 bits per heavy atom. The molecule has 0 fully saturated rings. The number of amides is 2. The Morgan fingerprint density at radius 2 is 1.32 bits per heavy atom. The molecule has 0 aliphatic rings. The lowest BCUT2D eigenvalue weighted by atomic mass is 10.1. The van der Waals surface area contributed by atoms with Crippen molar-refractivity contribution in [2.45, 2.75) is 40.4 Å². The summed E-state index contributed by atoms with van der Waals surface area (Å²) in [5.74, 6) is 0.220. The SMILES string of the molecule is CC(C)COCc1ccc(C(=O)NCCOCCOCCOCCNC(=O)COC(C)C)cc1. The highest BCUT2D eigenvalue weighted by Crippen LogP contribution is 2.07. The number of nitrogens with one attached hydrogen (secondary N) is 2. The maximum atomic E-state index is 12.2. The molecular formula is C25H42N2O7. The molecule has 0 saturated heterocycles. The van der Waals surface area contributed by atoms with Crippen molar-refractivity contribution in [3.8, 4) is 0 Å². The first kappa shape index (κ1) is 30.0. The molecule has 0 saturated carbocycles. The van der Waals surface area contributed by atoms with Gasteiger partial charge < -0.3 is 34.3 Å². The van der Waals surface area contributed by atoms with E-state index in [0.29, 0.717) is 70.8 Å². The van der Waals surface area contributed by atoms with E-state index >= 15 is 0 Å². The van der Waals surface area contributed by atoms with Gasteiger partial charge >= 0.3 is 0 Å². The summed E-state index contributed by atoms with van der Waals surface area (Å²) in [6.45, 7) is 12.8. The summed E-state index contributed by atoms with van der Waals surface area (Å²) in [5, 5.41) is 5.55. The minimum atomic E-state index is -0.151.